The lowest BCUT2D eigenvalue weighted by molar-refractivity contribution is -0.0190. The molecule has 0 unspecified atom stereocenters. The minimum atomic E-state index is -0.355. The van der Waals surface area contributed by atoms with Crippen LogP contribution >= 0.6 is 11.6 Å². The summed E-state index contributed by atoms with van der Waals surface area (Å²) in [6, 6.07) is 16.9. The van der Waals surface area contributed by atoms with E-state index >= 15 is 0 Å². The molecule has 2 aliphatic heterocycles. The van der Waals surface area contributed by atoms with E-state index in [2.05, 4.69) is 11.1 Å². The number of hydrazone groups is 1. The molecule has 27 heavy (non-hydrogen) atoms. The van der Waals surface area contributed by atoms with Crippen molar-refractivity contribution in [1.29, 1.82) is 0 Å². The zero-order valence-electron chi connectivity index (χ0n) is 14.3. The summed E-state index contributed by atoms with van der Waals surface area (Å²) in [7, 11) is 0. The number of aromatic nitrogens is 1. The first-order valence-corrected chi connectivity index (χ1v) is 9.09. The Hall–Kier alpha value is -3.05. The Morgan fingerprint density at radius 3 is 2.74 bits per heavy atom. The third-order valence-electron chi connectivity index (χ3n) is 4.96. The van der Waals surface area contributed by atoms with Crippen molar-refractivity contribution in [2.24, 2.45) is 5.10 Å². The molecule has 0 saturated carbocycles. The maximum Gasteiger partial charge on any atom is 0.213 e. The van der Waals surface area contributed by atoms with Gasteiger partial charge in [0.25, 0.3) is 0 Å². The number of halogens is 1. The highest BCUT2D eigenvalue weighted by atomic mass is 35.5. The number of benzene rings is 2. The topological polar surface area (TPSA) is 58.0 Å². The SMILES string of the molecule is Oc1ccc(Cl)cc1C1=NN2[C@@H](c3ccncc3)Oc3ccccc3[C@@H]2C1. The molecule has 0 spiro atoms. The molecule has 3 aromatic rings. The van der Waals surface area contributed by atoms with Crippen molar-refractivity contribution >= 4 is 17.3 Å². The lowest BCUT2D eigenvalue weighted by Crippen LogP contribution is -2.33. The summed E-state index contributed by atoms with van der Waals surface area (Å²) in [4.78, 5) is 4.10. The molecular formula is C21H16ClN3O2. The number of fused-ring (bicyclic) bond motifs is 3. The molecule has 1 N–H and O–H groups in total. The summed E-state index contributed by atoms with van der Waals surface area (Å²) >= 11 is 6.14. The number of ether oxygens (including phenoxy) is 1. The maximum absolute atomic E-state index is 10.3. The number of para-hydroxylation sites is 1. The second-order valence-electron chi connectivity index (χ2n) is 6.60. The van der Waals surface area contributed by atoms with Gasteiger partial charge in [0.1, 0.15) is 11.5 Å². The molecular weight excluding hydrogens is 362 g/mol. The molecule has 2 aliphatic rings. The van der Waals surface area contributed by atoms with E-state index in [-0.39, 0.29) is 18.0 Å². The highest BCUT2D eigenvalue weighted by Crippen LogP contribution is 2.47. The highest BCUT2D eigenvalue weighted by Gasteiger charge is 2.41. The van der Waals surface area contributed by atoms with E-state index in [4.69, 9.17) is 21.4 Å². The number of hydrogen-bond acceptors (Lipinski definition) is 5. The van der Waals surface area contributed by atoms with Crippen LogP contribution in [0.25, 0.3) is 0 Å². The zero-order valence-corrected chi connectivity index (χ0v) is 15.0. The number of hydrogen-bond donors (Lipinski definition) is 1. The average Bonchev–Trinajstić information content (AvgIpc) is 3.15. The minimum absolute atomic E-state index is 0.0292. The second-order valence-corrected chi connectivity index (χ2v) is 7.03. The molecule has 5 nitrogen and oxygen atoms in total. The van der Waals surface area contributed by atoms with Gasteiger partial charge in [-0.1, -0.05) is 29.8 Å². The van der Waals surface area contributed by atoms with Gasteiger partial charge in [0.05, 0.1) is 11.8 Å². The van der Waals surface area contributed by atoms with E-state index in [1.807, 2.05) is 35.3 Å². The lowest BCUT2D eigenvalue weighted by atomic mass is 9.95. The van der Waals surface area contributed by atoms with Crippen LogP contribution in [0.4, 0.5) is 0 Å². The number of pyridine rings is 1. The van der Waals surface area contributed by atoms with E-state index in [0.717, 1.165) is 22.6 Å². The Bertz CT molecular complexity index is 1040. The fraction of sp³-hybridized carbons (Fsp3) is 0.143. The largest absolute Gasteiger partial charge is 0.507 e. The number of phenols is 1. The van der Waals surface area contributed by atoms with Crippen molar-refractivity contribution < 1.29 is 9.84 Å². The van der Waals surface area contributed by atoms with Gasteiger partial charge in [0.2, 0.25) is 6.23 Å². The van der Waals surface area contributed by atoms with Crippen LogP contribution in [0.5, 0.6) is 11.5 Å². The number of rotatable bonds is 2. The van der Waals surface area contributed by atoms with Crippen molar-refractivity contribution in [3.05, 3.63) is 88.7 Å². The van der Waals surface area contributed by atoms with Gasteiger partial charge in [-0.25, -0.2) is 5.01 Å². The van der Waals surface area contributed by atoms with Crippen molar-refractivity contribution in [2.75, 3.05) is 0 Å². The van der Waals surface area contributed by atoms with Gasteiger partial charge in [0, 0.05) is 40.5 Å². The van der Waals surface area contributed by atoms with Gasteiger partial charge < -0.3 is 9.84 Å². The van der Waals surface area contributed by atoms with Crippen LogP contribution in [0.15, 0.2) is 72.1 Å². The third-order valence-corrected chi connectivity index (χ3v) is 5.19. The summed E-state index contributed by atoms with van der Waals surface area (Å²) in [5, 5.41) is 17.7. The number of phenolic OH excluding ortho intramolecular Hbond substituents is 1. The molecule has 5 rings (SSSR count). The predicted molar refractivity (Wildman–Crippen MR) is 103 cm³/mol. The van der Waals surface area contributed by atoms with E-state index in [1.54, 1.807) is 30.6 Å². The Morgan fingerprint density at radius 1 is 1.07 bits per heavy atom. The first-order valence-electron chi connectivity index (χ1n) is 8.71. The van der Waals surface area contributed by atoms with E-state index in [9.17, 15) is 5.11 Å². The van der Waals surface area contributed by atoms with E-state index in [1.165, 1.54) is 0 Å². The first kappa shape index (κ1) is 16.1. The van der Waals surface area contributed by atoms with Crippen LogP contribution in [0.3, 0.4) is 0 Å². The van der Waals surface area contributed by atoms with Gasteiger partial charge in [-0.2, -0.15) is 5.10 Å². The van der Waals surface area contributed by atoms with Crippen LogP contribution in [0.2, 0.25) is 5.02 Å². The normalized spacial score (nSPS) is 20.5. The van der Waals surface area contributed by atoms with Crippen LogP contribution in [0.1, 0.15) is 35.4 Å². The number of aromatic hydroxyl groups is 1. The molecule has 3 heterocycles. The Morgan fingerprint density at radius 2 is 1.89 bits per heavy atom. The minimum Gasteiger partial charge on any atom is -0.507 e. The van der Waals surface area contributed by atoms with Crippen LogP contribution in [-0.4, -0.2) is 20.8 Å². The van der Waals surface area contributed by atoms with E-state index in [0.29, 0.717) is 17.0 Å². The van der Waals surface area contributed by atoms with Crippen LogP contribution in [-0.2, 0) is 0 Å². The molecule has 0 saturated heterocycles. The zero-order chi connectivity index (χ0) is 18.4. The summed E-state index contributed by atoms with van der Waals surface area (Å²) in [6.07, 6.45) is 3.80. The summed E-state index contributed by atoms with van der Waals surface area (Å²) in [5.41, 5.74) is 3.51. The van der Waals surface area contributed by atoms with Gasteiger partial charge in [-0.3, -0.25) is 4.98 Å². The summed E-state index contributed by atoms with van der Waals surface area (Å²) in [6.45, 7) is 0. The van der Waals surface area contributed by atoms with Crippen molar-refractivity contribution in [3.63, 3.8) is 0 Å². The maximum atomic E-state index is 10.3. The molecule has 0 radical (unpaired) electrons. The van der Waals surface area contributed by atoms with Gasteiger partial charge in [0.15, 0.2) is 0 Å². The molecule has 2 aromatic carbocycles. The number of nitrogens with zero attached hydrogens (tertiary/aromatic N) is 3. The molecule has 0 aliphatic carbocycles. The Labute approximate surface area is 161 Å². The lowest BCUT2D eigenvalue weighted by Gasteiger charge is -2.38. The standard InChI is InChI=1S/C21H16ClN3O2/c22-14-5-6-19(26)16(11-14)17-12-18-15-3-1-2-4-20(15)27-21(25(18)24-17)13-7-9-23-10-8-13/h1-11,18,21,26H,12H2/t18-,21+/m0/s1. The molecule has 0 fully saturated rings. The highest BCUT2D eigenvalue weighted by molar-refractivity contribution is 6.31. The summed E-state index contributed by atoms with van der Waals surface area (Å²) < 4.78 is 6.27. The van der Waals surface area contributed by atoms with Crippen LogP contribution in [0, 0.1) is 0 Å². The predicted octanol–water partition coefficient (Wildman–Crippen LogP) is 4.68. The molecule has 6 heteroatoms. The smallest absolute Gasteiger partial charge is 0.213 e. The molecule has 2 atom stereocenters. The fourth-order valence-corrected chi connectivity index (χ4v) is 3.86. The van der Waals surface area contributed by atoms with Gasteiger partial charge in [-0.05, 0) is 36.4 Å². The van der Waals surface area contributed by atoms with Crippen LogP contribution < -0.4 is 4.74 Å². The summed E-state index contributed by atoms with van der Waals surface area (Å²) in [5.74, 6) is 1.03. The van der Waals surface area contributed by atoms with Crippen molar-refractivity contribution in [2.45, 2.75) is 18.7 Å². The molecule has 134 valence electrons. The Kier molecular flexibility index (Phi) is 3.76. The molecule has 0 amide bonds. The Balaban J connectivity index is 1.62. The quantitative estimate of drug-likeness (QED) is 0.704. The molecule has 1 aromatic heterocycles. The monoisotopic (exact) mass is 377 g/mol. The first-order chi connectivity index (χ1) is 13.2. The second kappa shape index (κ2) is 6.28. The van der Waals surface area contributed by atoms with Crippen molar-refractivity contribution in [1.82, 2.24) is 9.99 Å². The third kappa shape index (κ3) is 2.71. The van der Waals surface area contributed by atoms with E-state index < -0.39 is 0 Å². The van der Waals surface area contributed by atoms with Crippen molar-refractivity contribution in [3.8, 4) is 11.5 Å². The van der Waals surface area contributed by atoms with Gasteiger partial charge in [-0.15, -0.1) is 0 Å². The molecule has 0 bridgehead atoms. The van der Waals surface area contributed by atoms with Gasteiger partial charge >= 0.3 is 0 Å². The fourth-order valence-electron chi connectivity index (χ4n) is 3.68. The average molecular weight is 378 g/mol.